The molecule has 1 atom stereocenters. The summed E-state index contributed by atoms with van der Waals surface area (Å²) in [5.41, 5.74) is 3.76. The summed E-state index contributed by atoms with van der Waals surface area (Å²) in [6.45, 7) is 2.16. The first-order valence-electron chi connectivity index (χ1n) is 11.6. The first kappa shape index (κ1) is 22.6. The molecule has 1 N–H and O–H groups in total. The first-order chi connectivity index (χ1) is 17.0. The predicted molar refractivity (Wildman–Crippen MR) is 137 cm³/mol. The summed E-state index contributed by atoms with van der Waals surface area (Å²) < 4.78 is 10.9. The minimum atomic E-state index is -0.576. The fraction of sp³-hybridized carbons (Fsp3) is 0.179. The van der Waals surface area contributed by atoms with Gasteiger partial charge in [0.05, 0.1) is 12.3 Å². The second kappa shape index (κ2) is 9.19. The van der Waals surface area contributed by atoms with E-state index < -0.39 is 5.97 Å². The van der Waals surface area contributed by atoms with Gasteiger partial charge in [-0.05, 0) is 58.6 Å². The van der Waals surface area contributed by atoms with Gasteiger partial charge in [0, 0.05) is 18.6 Å². The molecular formula is C28H26N3O4+. The molecule has 1 unspecified atom stereocenters. The Balaban J connectivity index is 1.49. The van der Waals surface area contributed by atoms with E-state index in [1.807, 2.05) is 55.6 Å². The molecule has 0 amide bonds. The van der Waals surface area contributed by atoms with E-state index in [2.05, 4.69) is 19.1 Å². The summed E-state index contributed by atoms with van der Waals surface area (Å²) in [7, 11) is 2.04. The number of cyclic esters (lactones) is 1. The van der Waals surface area contributed by atoms with E-state index in [4.69, 9.17) is 19.2 Å². The largest absolute Gasteiger partial charge is 0.504 e. The zero-order chi connectivity index (χ0) is 24.4. The van der Waals surface area contributed by atoms with Crippen molar-refractivity contribution in [2.45, 2.75) is 26.2 Å². The van der Waals surface area contributed by atoms with Crippen molar-refractivity contribution < 1.29 is 19.1 Å². The van der Waals surface area contributed by atoms with Crippen molar-refractivity contribution in [2.24, 2.45) is 10.1 Å². The Hall–Kier alpha value is -4.23. The van der Waals surface area contributed by atoms with Crippen molar-refractivity contribution in [3.05, 3.63) is 95.8 Å². The highest BCUT2D eigenvalue weighted by atomic mass is 16.6. The molecule has 5 rings (SSSR count). The second-order valence-corrected chi connectivity index (χ2v) is 8.58. The summed E-state index contributed by atoms with van der Waals surface area (Å²) in [5.74, 6) is 1.63. The van der Waals surface area contributed by atoms with Crippen molar-refractivity contribution in [3.63, 3.8) is 0 Å². The van der Waals surface area contributed by atoms with Crippen LogP contribution in [0, 0.1) is 0 Å². The Morgan fingerprint density at radius 2 is 1.86 bits per heavy atom. The molecule has 2 aromatic carbocycles. The lowest BCUT2D eigenvalue weighted by Crippen LogP contribution is -2.43. The number of ether oxygens (including phenoxy) is 1. The molecule has 7 nitrogen and oxygen atoms in total. The number of aliphatic hydroxyl groups is 1. The van der Waals surface area contributed by atoms with Crippen LogP contribution in [0.3, 0.4) is 0 Å². The van der Waals surface area contributed by atoms with E-state index in [0.717, 1.165) is 53.6 Å². The third-order valence-electron chi connectivity index (χ3n) is 6.17. The van der Waals surface area contributed by atoms with Crippen LogP contribution in [0.1, 0.15) is 37.5 Å². The maximum absolute atomic E-state index is 11.5. The molecule has 7 heteroatoms. The van der Waals surface area contributed by atoms with Crippen LogP contribution in [-0.4, -0.2) is 29.8 Å². The molecule has 3 aromatic rings. The number of quaternary nitrogens is 1. The van der Waals surface area contributed by atoms with Crippen molar-refractivity contribution in [2.75, 3.05) is 7.05 Å². The molecule has 1 aromatic heterocycles. The van der Waals surface area contributed by atoms with Crippen LogP contribution in [0.4, 0.5) is 5.69 Å². The van der Waals surface area contributed by atoms with E-state index in [0.29, 0.717) is 11.6 Å². The Kier molecular flexibility index (Phi) is 5.93. The van der Waals surface area contributed by atoms with Crippen LogP contribution in [-0.2, 0) is 9.53 Å². The van der Waals surface area contributed by atoms with E-state index in [1.54, 1.807) is 12.3 Å². The van der Waals surface area contributed by atoms with Crippen LogP contribution < -0.4 is 4.59 Å². The van der Waals surface area contributed by atoms with Crippen molar-refractivity contribution in [1.29, 1.82) is 0 Å². The summed E-state index contributed by atoms with van der Waals surface area (Å²) in [6, 6.07) is 19.7. The summed E-state index contributed by atoms with van der Waals surface area (Å²) >= 11 is 0. The maximum Gasteiger partial charge on any atom is 0.340 e. The normalized spacial score (nSPS) is 20.6. The number of amidine groups is 2. The number of rotatable bonds is 7. The van der Waals surface area contributed by atoms with Gasteiger partial charge in [0.15, 0.2) is 23.0 Å². The molecule has 176 valence electrons. The standard InChI is InChI=1S/C28H25N3O4/c1-3-4-11-26-29-28(24-10-7-16-34-24)30-31(26,2)21-14-12-19(13-15-21)22-9-6-5-8-20(22)17-25-23(32)18-27(33)35-25/h5-10,12-18H,3-4,11H2,1-2H3/p+1/b25-17-. The number of aliphatic imine (C=N–C) groups is 1. The minimum Gasteiger partial charge on any atom is -0.504 e. The van der Waals surface area contributed by atoms with Crippen LogP contribution in [0.15, 0.2) is 99.0 Å². The number of carbonyl (C=O) groups excluding carboxylic acids is 1. The molecule has 0 radical (unpaired) electrons. The van der Waals surface area contributed by atoms with Crippen LogP contribution in [0.2, 0.25) is 0 Å². The number of unbranched alkanes of at least 4 members (excludes halogenated alkanes) is 1. The molecule has 0 bridgehead atoms. The molecule has 0 aliphatic carbocycles. The van der Waals surface area contributed by atoms with Crippen molar-refractivity contribution in [3.8, 4) is 11.1 Å². The number of esters is 1. The first-order valence-corrected chi connectivity index (χ1v) is 11.6. The lowest BCUT2D eigenvalue weighted by atomic mass is 9.98. The molecule has 2 aliphatic rings. The van der Waals surface area contributed by atoms with Gasteiger partial charge in [0.25, 0.3) is 5.84 Å². The Bertz CT molecular complexity index is 1380. The molecule has 3 heterocycles. The number of hydrogen-bond donors (Lipinski definition) is 1. The van der Waals surface area contributed by atoms with Gasteiger partial charge < -0.3 is 14.3 Å². The van der Waals surface area contributed by atoms with E-state index in [9.17, 15) is 9.90 Å². The van der Waals surface area contributed by atoms with Gasteiger partial charge in [-0.3, -0.25) is 0 Å². The average molecular weight is 469 g/mol. The fourth-order valence-electron chi connectivity index (χ4n) is 4.25. The minimum absolute atomic E-state index is 0.144. The van der Waals surface area contributed by atoms with Gasteiger partial charge in [-0.2, -0.15) is 4.99 Å². The van der Waals surface area contributed by atoms with Gasteiger partial charge in [-0.15, -0.1) is 4.59 Å². The van der Waals surface area contributed by atoms with Gasteiger partial charge in [-0.25, -0.2) is 4.79 Å². The average Bonchev–Trinajstić information content (AvgIpc) is 3.58. The third-order valence-corrected chi connectivity index (χ3v) is 6.17. The Morgan fingerprint density at radius 1 is 1.06 bits per heavy atom. The molecule has 0 saturated carbocycles. The van der Waals surface area contributed by atoms with E-state index in [1.165, 1.54) is 0 Å². The highest BCUT2D eigenvalue weighted by Gasteiger charge is 2.39. The zero-order valence-electron chi connectivity index (χ0n) is 19.6. The molecule has 0 fully saturated rings. The number of furan rings is 1. The number of benzene rings is 2. The smallest absolute Gasteiger partial charge is 0.340 e. The third kappa shape index (κ3) is 4.34. The summed E-state index contributed by atoms with van der Waals surface area (Å²) in [5, 5.41) is 14.9. The number of nitrogens with zero attached hydrogens (tertiary/aromatic N) is 3. The summed E-state index contributed by atoms with van der Waals surface area (Å²) in [6.07, 6.45) is 7.31. The van der Waals surface area contributed by atoms with Crippen LogP contribution in [0.25, 0.3) is 17.2 Å². The predicted octanol–water partition coefficient (Wildman–Crippen LogP) is 6.19. The quantitative estimate of drug-likeness (QED) is 0.331. The Labute approximate surface area is 203 Å². The van der Waals surface area contributed by atoms with Crippen molar-refractivity contribution in [1.82, 2.24) is 4.59 Å². The topological polar surface area (TPSA) is 84.4 Å². The molecular weight excluding hydrogens is 442 g/mol. The number of aliphatic hydroxyl groups excluding tert-OH is 1. The van der Waals surface area contributed by atoms with Gasteiger partial charge in [0.2, 0.25) is 5.84 Å². The van der Waals surface area contributed by atoms with E-state index >= 15 is 0 Å². The highest BCUT2D eigenvalue weighted by Crippen LogP contribution is 2.34. The van der Waals surface area contributed by atoms with Gasteiger partial charge >= 0.3 is 5.97 Å². The lowest BCUT2D eigenvalue weighted by molar-refractivity contribution is -0.132. The SMILES string of the molecule is CCCCC1=NC(c2ccco2)=N[N+]1(C)c1ccc(-c2ccccc2/C=C2\OC(=O)C=C2O)cc1. The van der Waals surface area contributed by atoms with Crippen molar-refractivity contribution >= 4 is 29.4 Å². The molecule has 35 heavy (non-hydrogen) atoms. The number of carbonyl (C=O) groups is 1. The molecule has 0 spiro atoms. The van der Waals surface area contributed by atoms with Crippen LogP contribution in [0.5, 0.6) is 0 Å². The zero-order valence-corrected chi connectivity index (χ0v) is 19.6. The number of hydrogen-bond acceptors (Lipinski definition) is 6. The molecule has 0 saturated heterocycles. The van der Waals surface area contributed by atoms with E-state index in [-0.39, 0.29) is 16.1 Å². The monoisotopic (exact) mass is 468 g/mol. The molecule has 2 aliphatic heterocycles. The van der Waals surface area contributed by atoms with Gasteiger partial charge in [0.1, 0.15) is 7.05 Å². The maximum atomic E-state index is 11.5. The Morgan fingerprint density at radius 3 is 2.54 bits per heavy atom. The second-order valence-electron chi connectivity index (χ2n) is 8.58. The van der Waals surface area contributed by atoms with Crippen LogP contribution >= 0.6 is 0 Å². The fourth-order valence-corrected chi connectivity index (χ4v) is 4.25. The highest BCUT2D eigenvalue weighted by molar-refractivity contribution is 6.12. The van der Waals surface area contributed by atoms with Gasteiger partial charge in [-0.1, -0.05) is 37.6 Å². The summed E-state index contributed by atoms with van der Waals surface area (Å²) in [4.78, 5) is 16.3. The lowest BCUT2D eigenvalue weighted by Gasteiger charge is -2.24.